The Morgan fingerprint density at radius 3 is 2.74 bits per heavy atom. The fourth-order valence-electron chi connectivity index (χ4n) is 3.73. The molecule has 0 aromatic heterocycles. The average molecular weight is 312 g/mol. The van der Waals surface area contributed by atoms with Crippen LogP contribution in [0.25, 0.3) is 5.57 Å². The predicted molar refractivity (Wildman–Crippen MR) is 94.9 cm³/mol. The van der Waals surface area contributed by atoms with Gasteiger partial charge >= 0.3 is 0 Å². The highest BCUT2D eigenvalue weighted by molar-refractivity contribution is 5.77. The Kier molecular flexibility index (Phi) is 5.16. The highest BCUT2D eigenvalue weighted by Crippen LogP contribution is 2.30. The predicted octanol–water partition coefficient (Wildman–Crippen LogP) is 3.18. The van der Waals surface area contributed by atoms with Gasteiger partial charge in [0.25, 0.3) is 0 Å². The van der Waals surface area contributed by atoms with Crippen LogP contribution in [0, 0.1) is 17.8 Å². The number of benzene rings is 1. The number of rotatable bonds is 5. The van der Waals surface area contributed by atoms with Crippen molar-refractivity contribution < 1.29 is 4.79 Å². The SMILES string of the molecule is CC(C)CC=C(CN1C[C@H]2CC(=O)NC[C@H]2C1)c1ccccc1. The quantitative estimate of drug-likeness (QED) is 0.905. The van der Waals surface area contributed by atoms with Crippen molar-refractivity contribution in [3.8, 4) is 0 Å². The minimum absolute atomic E-state index is 0.228. The first-order valence-electron chi connectivity index (χ1n) is 8.85. The molecule has 0 unspecified atom stereocenters. The van der Waals surface area contributed by atoms with Crippen molar-refractivity contribution in [2.75, 3.05) is 26.2 Å². The molecule has 2 fully saturated rings. The van der Waals surface area contributed by atoms with Gasteiger partial charge < -0.3 is 5.32 Å². The number of nitrogens with one attached hydrogen (secondary N) is 1. The fraction of sp³-hybridized carbons (Fsp3) is 0.550. The molecule has 2 aliphatic rings. The molecule has 0 saturated carbocycles. The number of piperidine rings is 1. The summed E-state index contributed by atoms with van der Waals surface area (Å²) < 4.78 is 0. The van der Waals surface area contributed by atoms with E-state index in [-0.39, 0.29) is 5.91 Å². The number of nitrogens with zero attached hydrogens (tertiary/aromatic N) is 1. The lowest BCUT2D eigenvalue weighted by Crippen LogP contribution is -2.39. The third kappa shape index (κ3) is 4.23. The molecule has 2 saturated heterocycles. The number of amides is 1. The highest BCUT2D eigenvalue weighted by atomic mass is 16.1. The molecule has 0 bridgehead atoms. The van der Waals surface area contributed by atoms with Gasteiger partial charge in [0.15, 0.2) is 0 Å². The third-order valence-corrected chi connectivity index (χ3v) is 5.04. The molecule has 3 rings (SSSR count). The maximum Gasteiger partial charge on any atom is 0.220 e. The topological polar surface area (TPSA) is 32.3 Å². The second-order valence-electron chi connectivity index (χ2n) is 7.45. The maximum atomic E-state index is 11.6. The van der Waals surface area contributed by atoms with Gasteiger partial charge in [-0.2, -0.15) is 0 Å². The van der Waals surface area contributed by atoms with E-state index >= 15 is 0 Å². The highest BCUT2D eigenvalue weighted by Gasteiger charge is 2.37. The molecule has 0 radical (unpaired) electrons. The number of allylic oxidation sites excluding steroid dienone is 1. The zero-order chi connectivity index (χ0) is 16.2. The third-order valence-electron chi connectivity index (χ3n) is 5.04. The van der Waals surface area contributed by atoms with Crippen LogP contribution in [0.4, 0.5) is 0 Å². The van der Waals surface area contributed by atoms with E-state index in [1.807, 2.05) is 0 Å². The van der Waals surface area contributed by atoms with Gasteiger partial charge in [0.1, 0.15) is 0 Å². The molecular weight excluding hydrogens is 284 g/mol. The molecular formula is C20H28N2O. The fourth-order valence-corrected chi connectivity index (χ4v) is 3.73. The first kappa shape index (κ1) is 16.3. The summed E-state index contributed by atoms with van der Waals surface area (Å²) in [6.45, 7) is 8.55. The van der Waals surface area contributed by atoms with Crippen LogP contribution in [0.5, 0.6) is 0 Å². The number of likely N-dealkylation sites (tertiary alicyclic amines) is 1. The largest absolute Gasteiger partial charge is 0.356 e. The minimum atomic E-state index is 0.228. The number of hydrogen-bond acceptors (Lipinski definition) is 2. The molecule has 1 aromatic carbocycles. The van der Waals surface area contributed by atoms with E-state index < -0.39 is 0 Å². The van der Waals surface area contributed by atoms with Gasteiger partial charge in [0.05, 0.1) is 0 Å². The van der Waals surface area contributed by atoms with E-state index in [0.717, 1.165) is 32.6 Å². The first-order valence-corrected chi connectivity index (χ1v) is 8.85. The van der Waals surface area contributed by atoms with E-state index in [4.69, 9.17) is 0 Å². The first-order chi connectivity index (χ1) is 11.1. The summed E-state index contributed by atoms with van der Waals surface area (Å²) in [5.74, 6) is 2.09. The van der Waals surface area contributed by atoms with Crippen molar-refractivity contribution in [3.05, 3.63) is 42.0 Å². The standard InChI is InChI=1S/C20H28N2O/c1-15(2)8-9-17(16-6-4-3-5-7-16)12-22-13-18-10-20(23)21-11-19(18)14-22/h3-7,9,15,18-19H,8,10-14H2,1-2H3,(H,21,23)/t18-,19+/m1/s1. The van der Waals surface area contributed by atoms with Crippen LogP contribution in [-0.2, 0) is 4.79 Å². The van der Waals surface area contributed by atoms with Crippen LogP contribution in [0.15, 0.2) is 36.4 Å². The second-order valence-corrected chi connectivity index (χ2v) is 7.45. The van der Waals surface area contributed by atoms with Gasteiger partial charge in [-0.05, 0) is 35.3 Å². The lowest BCUT2D eigenvalue weighted by Gasteiger charge is -2.23. The lowest BCUT2D eigenvalue weighted by molar-refractivity contribution is -0.124. The Morgan fingerprint density at radius 1 is 1.26 bits per heavy atom. The minimum Gasteiger partial charge on any atom is -0.356 e. The average Bonchev–Trinajstić information content (AvgIpc) is 2.93. The molecule has 2 atom stereocenters. The molecule has 2 heterocycles. The van der Waals surface area contributed by atoms with E-state index in [2.05, 4.69) is 60.5 Å². The van der Waals surface area contributed by atoms with Gasteiger partial charge in [0.2, 0.25) is 5.91 Å². The Balaban J connectivity index is 1.69. The number of carbonyl (C=O) groups excluding carboxylic acids is 1. The molecule has 0 aliphatic carbocycles. The van der Waals surface area contributed by atoms with Crippen molar-refractivity contribution in [1.29, 1.82) is 0 Å². The van der Waals surface area contributed by atoms with Crippen LogP contribution in [0.1, 0.15) is 32.3 Å². The van der Waals surface area contributed by atoms with E-state index in [9.17, 15) is 4.79 Å². The molecule has 3 heteroatoms. The van der Waals surface area contributed by atoms with Gasteiger partial charge in [0, 0.05) is 32.6 Å². The molecule has 0 spiro atoms. The summed E-state index contributed by atoms with van der Waals surface area (Å²) in [6.07, 6.45) is 4.23. The van der Waals surface area contributed by atoms with Crippen molar-refractivity contribution in [2.45, 2.75) is 26.7 Å². The van der Waals surface area contributed by atoms with Crippen LogP contribution in [0.2, 0.25) is 0 Å². The Labute approximate surface area is 139 Å². The van der Waals surface area contributed by atoms with Crippen LogP contribution >= 0.6 is 0 Å². The van der Waals surface area contributed by atoms with Gasteiger partial charge in [-0.1, -0.05) is 50.3 Å². The molecule has 124 valence electrons. The summed E-state index contributed by atoms with van der Waals surface area (Å²) >= 11 is 0. The van der Waals surface area contributed by atoms with Gasteiger partial charge in [-0.3, -0.25) is 9.69 Å². The number of carbonyl (C=O) groups is 1. The number of hydrogen-bond donors (Lipinski definition) is 1. The smallest absolute Gasteiger partial charge is 0.220 e. The van der Waals surface area contributed by atoms with Crippen molar-refractivity contribution >= 4 is 11.5 Å². The van der Waals surface area contributed by atoms with Crippen LogP contribution in [-0.4, -0.2) is 37.0 Å². The second kappa shape index (κ2) is 7.31. The molecule has 1 aromatic rings. The van der Waals surface area contributed by atoms with Gasteiger partial charge in [-0.25, -0.2) is 0 Å². The summed E-state index contributed by atoms with van der Waals surface area (Å²) in [6, 6.07) is 10.7. The zero-order valence-electron chi connectivity index (χ0n) is 14.3. The molecule has 1 amide bonds. The van der Waals surface area contributed by atoms with E-state index in [1.54, 1.807) is 0 Å². The van der Waals surface area contributed by atoms with E-state index in [1.165, 1.54) is 11.1 Å². The summed E-state index contributed by atoms with van der Waals surface area (Å²) in [5, 5.41) is 3.02. The van der Waals surface area contributed by atoms with Crippen LogP contribution in [0.3, 0.4) is 0 Å². The Bertz CT molecular complexity index is 564. The molecule has 1 N–H and O–H groups in total. The summed E-state index contributed by atoms with van der Waals surface area (Å²) in [7, 11) is 0. The van der Waals surface area contributed by atoms with Crippen molar-refractivity contribution in [1.82, 2.24) is 10.2 Å². The Hall–Kier alpha value is -1.61. The molecule has 2 aliphatic heterocycles. The lowest BCUT2D eigenvalue weighted by atomic mass is 9.89. The molecule has 23 heavy (non-hydrogen) atoms. The summed E-state index contributed by atoms with van der Waals surface area (Å²) in [5.41, 5.74) is 2.76. The monoisotopic (exact) mass is 312 g/mol. The van der Waals surface area contributed by atoms with E-state index in [0.29, 0.717) is 24.2 Å². The Morgan fingerprint density at radius 2 is 2.00 bits per heavy atom. The van der Waals surface area contributed by atoms with Gasteiger partial charge in [-0.15, -0.1) is 0 Å². The van der Waals surface area contributed by atoms with Crippen molar-refractivity contribution in [2.24, 2.45) is 17.8 Å². The summed E-state index contributed by atoms with van der Waals surface area (Å²) in [4.78, 5) is 14.1. The molecule has 3 nitrogen and oxygen atoms in total. The van der Waals surface area contributed by atoms with Crippen LogP contribution < -0.4 is 5.32 Å². The maximum absolute atomic E-state index is 11.6. The normalized spacial score (nSPS) is 25.5. The van der Waals surface area contributed by atoms with Crippen molar-refractivity contribution in [3.63, 3.8) is 0 Å². The zero-order valence-corrected chi connectivity index (χ0v) is 14.3. The number of fused-ring (bicyclic) bond motifs is 1.